The Hall–Kier alpha value is -1.98. The van der Waals surface area contributed by atoms with Crippen molar-refractivity contribution in [3.63, 3.8) is 0 Å². The second kappa shape index (κ2) is 5.58. The molecule has 1 aliphatic rings. The number of alkyl halides is 3. The Morgan fingerprint density at radius 2 is 1.78 bits per heavy atom. The van der Waals surface area contributed by atoms with Crippen LogP contribution in [0.5, 0.6) is 0 Å². The molecule has 1 aromatic carbocycles. The number of nitrogens with zero attached hydrogens (tertiary/aromatic N) is 1. The highest BCUT2D eigenvalue weighted by Crippen LogP contribution is 2.35. The fourth-order valence-corrected chi connectivity index (χ4v) is 3.55. The molecule has 3 rings (SSSR count). The van der Waals surface area contributed by atoms with Crippen LogP contribution in [0.25, 0.3) is 10.9 Å². The van der Waals surface area contributed by atoms with Crippen LogP contribution in [0.4, 0.5) is 18.9 Å². The molecule has 2 heterocycles. The Kier molecular flexibility index (Phi) is 3.86. The number of aromatic amines is 1. The number of benzene rings is 1. The molecule has 0 amide bonds. The van der Waals surface area contributed by atoms with Gasteiger partial charge in [0.2, 0.25) is 5.56 Å². The number of aromatic nitrogens is 1. The molecular weight excluding hydrogens is 305 g/mol. The lowest BCUT2D eigenvalue weighted by Crippen LogP contribution is -2.38. The van der Waals surface area contributed by atoms with Crippen molar-refractivity contribution in [2.45, 2.75) is 26.4 Å². The summed E-state index contributed by atoms with van der Waals surface area (Å²) in [5, 5.41) is 0.0421. The zero-order valence-electron chi connectivity index (χ0n) is 13.1. The molecule has 1 aromatic heterocycles. The van der Waals surface area contributed by atoms with Gasteiger partial charge >= 0.3 is 6.18 Å². The molecule has 0 radical (unpaired) electrons. The fraction of sp³-hybridized carbons (Fsp3) is 0.471. The lowest BCUT2D eigenvalue weighted by Gasteiger charge is -2.36. The first kappa shape index (κ1) is 15.9. The van der Waals surface area contributed by atoms with Gasteiger partial charge in [-0.15, -0.1) is 0 Å². The van der Waals surface area contributed by atoms with E-state index in [2.05, 4.69) is 23.7 Å². The van der Waals surface area contributed by atoms with Crippen LogP contribution in [-0.2, 0) is 6.18 Å². The van der Waals surface area contributed by atoms with Crippen molar-refractivity contribution in [1.29, 1.82) is 0 Å². The van der Waals surface area contributed by atoms with Gasteiger partial charge in [-0.05, 0) is 36.5 Å². The number of hydrogen-bond acceptors (Lipinski definition) is 2. The van der Waals surface area contributed by atoms with Gasteiger partial charge in [-0.1, -0.05) is 13.8 Å². The van der Waals surface area contributed by atoms with E-state index in [1.807, 2.05) is 0 Å². The van der Waals surface area contributed by atoms with Crippen LogP contribution in [0, 0.1) is 11.8 Å². The van der Waals surface area contributed by atoms with Gasteiger partial charge in [0, 0.05) is 35.7 Å². The summed E-state index contributed by atoms with van der Waals surface area (Å²) in [6.45, 7) is 5.98. The maximum atomic E-state index is 13.2. The molecule has 2 atom stereocenters. The summed E-state index contributed by atoms with van der Waals surface area (Å²) >= 11 is 0. The predicted molar refractivity (Wildman–Crippen MR) is 84.7 cm³/mol. The quantitative estimate of drug-likeness (QED) is 0.860. The smallest absolute Gasteiger partial charge is 0.371 e. The molecule has 0 spiro atoms. The molecule has 1 saturated heterocycles. The maximum Gasteiger partial charge on any atom is 0.417 e. The summed E-state index contributed by atoms with van der Waals surface area (Å²) in [6, 6.07) is 5.51. The topological polar surface area (TPSA) is 36.1 Å². The van der Waals surface area contributed by atoms with Crippen LogP contribution in [0.1, 0.15) is 25.8 Å². The molecule has 3 nitrogen and oxygen atoms in total. The summed E-state index contributed by atoms with van der Waals surface area (Å²) in [7, 11) is 0. The van der Waals surface area contributed by atoms with Crippen LogP contribution in [0.3, 0.4) is 0 Å². The van der Waals surface area contributed by atoms with E-state index in [0.29, 0.717) is 17.9 Å². The normalized spacial score (nSPS) is 22.6. The molecule has 1 fully saturated rings. The van der Waals surface area contributed by atoms with Crippen molar-refractivity contribution in [2.75, 3.05) is 18.0 Å². The highest BCUT2D eigenvalue weighted by atomic mass is 19.4. The van der Waals surface area contributed by atoms with Gasteiger partial charge in [0.1, 0.15) is 0 Å². The second-order valence-electron chi connectivity index (χ2n) is 6.63. The number of fused-ring (bicyclic) bond motifs is 1. The Bertz CT molecular complexity index is 771. The number of pyridine rings is 1. The summed E-state index contributed by atoms with van der Waals surface area (Å²) in [5.41, 5.74) is -0.630. The maximum absolute atomic E-state index is 13.2. The zero-order chi connectivity index (χ0) is 16.8. The lowest BCUT2D eigenvalue weighted by atomic mass is 9.91. The summed E-state index contributed by atoms with van der Waals surface area (Å²) in [5.74, 6) is 1.01. The van der Waals surface area contributed by atoms with E-state index in [1.54, 1.807) is 18.2 Å². The van der Waals surface area contributed by atoms with E-state index in [1.165, 1.54) is 0 Å². The minimum atomic E-state index is -4.55. The standard InChI is InChI=1S/C17H19F3N2O/c1-10-5-11(2)9-22(8-10)12-3-4-15-13(6-12)14(17(18,19)20)7-16(23)21-15/h3-4,6-7,10-11H,5,8-9H2,1-2H3,(H,21,23). The third-order valence-corrected chi connectivity index (χ3v) is 4.37. The number of nitrogens with one attached hydrogen (secondary N) is 1. The molecule has 6 heteroatoms. The van der Waals surface area contributed by atoms with E-state index >= 15 is 0 Å². The molecule has 124 valence electrons. The number of H-pyrrole nitrogens is 1. The van der Waals surface area contributed by atoms with E-state index in [0.717, 1.165) is 25.2 Å². The van der Waals surface area contributed by atoms with Crippen molar-refractivity contribution < 1.29 is 13.2 Å². The van der Waals surface area contributed by atoms with Gasteiger partial charge in [-0.3, -0.25) is 4.79 Å². The lowest BCUT2D eigenvalue weighted by molar-refractivity contribution is -0.136. The second-order valence-corrected chi connectivity index (χ2v) is 6.63. The average molecular weight is 324 g/mol. The van der Waals surface area contributed by atoms with Gasteiger partial charge in [-0.25, -0.2) is 0 Å². The molecular formula is C17H19F3N2O. The van der Waals surface area contributed by atoms with E-state index in [9.17, 15) is 18.0 Å². The number of rotatable bonds is 1. The Balaban J connectivity index is 2.11. The molecule has 0 aliphatic carbocycles. The SMILES string of the molecule is CC1CC(C)CN(c2ccc3[nH]c(=O)cc(C(F)(F)F)c3c2)C1. The highest BCUT2D eigenvalue weighted by Gasteiger charge is 2.33. The molecule has 1 aliphatic heterocycles. The fourth-order valence-electron chi connectivity index (χ4n) is 3.55. The van der Waals surface area contributed by atoms with E-state index in [4.69, 9.17) is 0 Å². The Morgan fingerprint density at radius 1 is 1.13 bits per heavy atom. The Morgan fingerprint density at radius 3 is 2.39 bits per heavy atom. The van der Waals surface area contributed by atoms with Crippen molar-refractivity contribution >= 4 is 16.6 Å². The number of halogens is 3. The van der Waals surface area contributed by atoms with Gasteiger partial charge in [0.05, 0.1) is 5.56 Å². The molecule has 2 aromatic rings. The van der Waals surface area contributed by atoms with Crippen LogP contribution >= 0.6 is 0 Å². The summed E-state index contributed by atoms with van der Waals surface area (Å²) in [4.78, 5) is 16.1. The minimum Gasteiger partial charge on any atom is -0.371 e. The first-order chi connectivity index (χ1) is 10.7. The number of piperidine rings is 1. The van der Waals surface area contributed by atoms with Gasteiger partial charge in [0.15, 0.2) is 0 Å². The van der Waals surface area contributed by atoms with Crippen LogP contribution in [0.15, 0.2) is 29.1 Å². The first-order valence-corrected chi connectivity index (χ1v) is 7.73. The summed E-state index contributed by atoms with van der Waals surface area (Å²) in [6.07, 6.45) is -3.42. The molecule has 23 heavy (non-hydrogen) atoms. The average Bonchev–Trinajstić information content (AvgIpc) is 2.43. The third-order valence-electron chi connectivity index (χ3n) is 4.37. The molecule has 1 N–H and O–H groups in total. The van der Waals surface area contributed by atoms with Crippen LogP contribution < -0.4 is 10.5 Å². The number of hydrogen-bond donors (Lipinski definition) is 1. The van der Waals surface area contributed by atoms with Gasteiger partial charge in [0.25, 0.3) is 0 Å². The zero-order valence-corrected chi connectivity index (χ0v) is 13.1. The van der Waals surface area contributed by atoms with Crippen molar-refractivity contribution in [1.82, 2.24) is 4.98 Å². The van der Waals surface area contributed by atoms with Crippen LogP contribution in [-0.4, -0.2) is 18.1 Å². The highest BCUT2D eigenvalue weighted by molar-refractivity contribution is 5.86. The van der Waals surface area contributed by atoms with Gasteiger partial charge in [-0.2, -0.15) is 13.2 Å². The number of anilines is 1. The van der Waals surface area contributed by atoms with Crippen molar-refractivity contribution in [2.24, 2.45) is 11.8 Å². The first-order valence-electron chi connectivity index (χ1n) is 7.73. The predicted octanol–water partition coefficient (Wildman–Crippen LogP) is 4.03. The monoisotopic (exact) mass is 324 g/mol. The molecule has 2 unspecified atom stereocenters. The largest absolute Gasteiger partial charge is 0.417 e. The van der Waals surface area contributed by atoms with E-state index < -0.39 is 17.3 Å². The van der Waals surface area contributed by atoms with Gasteiger partial charge < -0.3 is 9.88 Å². The summed E-state index contributed by atoms with van der Waals surface area (Å²) < 4.78 is 39.7. The Labute approximate surface area is 132 Å². The van der Waals surface area contributed by atoms with Crippen LogP contribution in [0.2, 0.25) is 0 Å². The third kappa shape index (κ3) is 3.21. The van der Waals surface area contributed by atoms with Crippen molar-refractivity contribution in [3.05, 3.63) is 40.2 Å². The minimum absolute atomic E-state index is 0.0421. The van der Waals surface area contributed by atoms with E-state index in [-0.39, 0.29) is 10.9 Å². The molecule has 0 bridgehead atoms. The molecule has 0 saturated carbocycles. The van der Waals surface area contributed by atoms with Crippen molar-refractivity contribution in [3.8, 4) is 0 Å².